The molecule has 1 N–H and O–H groups in total. The molecule has 7 nitrogen and oxygen atoms in total. The van der Waals surface area contributed by atoms with Crippen LogP contribution in [-0.2, 0) is 4.79 Å². The van der Waals surface area contributed by atoms with E-state index in [4.69, 9.17) is 0 Å². The van der Waals surface area contributed by atoms with Gasteiger partial charge in [-0.2, -0.15) is 8.75 Å². The summed E-state index contributed by atoms with van der Waals surface area (Å²) >= 11 is 2.47. The third-order valence-electron chi connectivity index (χ3n) is 3.70. The fraction of sp³-hybridized carbons (Fsp3) is 0.118. The number of carbonyl (C=O) groups excluding carboxylic acids is 1. The van der Waals surface area contributed by atoms with Crippen LogP contribution in [0.4, 0.5) is 5.69 Å². The molecule has 2 aromatic carbocycles. The minimum atomic E-state index is -0.129. The summed E-state index contributed by atoms with van der Waals surface area (Å²) in [6, 6.07) is 15.4. The lowest BCUT2D eigenvalue weighted by Crippen LogP contribution is -2.15. The van der Waals surface area contributed by atoms with Crippen molar-refractivity contribution in [2.75, 3.05) is 11.1 Å². The zero-order valence-corrected chi connectivity index (χ0v) is 15.4. The highest BCUT2D eigenvalue weighted by molar-refractivity contribution is 7.99. The number of thioether (sulfide) groups is 1. The van der Waals surface area contributed by atoms with E-state index < -0.39 is 0 Å². The van der Waals surface area contributed by atoms with Gasteiger partial charge in [-0.05, 0) is 31.2 Å². The van der Waals surface area contributed by atoms with Crippen molar-refractivity contribution in [3.63, 3.8) is 0 Å². The molecule has 0 bridgehead atoms. The number of nitrogens with one attached hydrogen (secondary N) is 1. The van der Waals surface area contributed by atoms with Crippen LogP contribution in [0.3, 0.4) is 0 Å². The fourth-order valence-corrected chi connectivity index (χ4v) is 3.88. The molecular weight excluding hydrogens is 368 g/mol. The third-order valence-corrected chi connectivity index (χ3v) is 5.17. The van der Waals surface area contributed by atoms with Gasteiger partial charge < -0.3 is 5.32 Å². The summed E-state index contributed by atoms with van der Waals surface area (Å²) in [5.41, 5.74) is 3.12. The molecule has 0 unspecified atom stereocenters. The normalized spacial score (nSPS) is 11.0. The second-order valence-corrected chi connectivity index (χ2v) is 6.95. The molecule has 0 aliphatic carbocycles. The van der Waals surface area contributed by atoms with Crippen molar-refractivity contribution in [1.29, 1.82) is 0 Å². The molecule has 0 fully saturated rings. The molecule has 0 aliphatic heterocycles. The van der Waals surface area contributed by atoms with Gasteiger partial charge in [-0.3, -0.25) is 9.36 Å². The predicted molar refractivity (Wildman–Crippen MR) is 103 cm³/mol. The summed E-state index contributed by atoms with van der Waals surface area (Å²) in [6.45, 7) is 1.89. The first-order valence-corrected chi connectivity index (χ1v) is 9.55. The number of nitrogens with zero attached hydrogens (tertiary/aromatic N) is 5. The largest absolute Gasteiger partial charge is 0.323 e. The lowest BCUT2D eigenvalue weighted by atomic mass is 10.2. The second-order valence-electron chi connectivity index (χ2n) is 5.48. The Kier molecular flexibility index (Phi) is 4.63. The van der Waals surface area contributed by atoms with E-state index in [0.29, 0.717) is 16.4 Å². The van der Waals surface area contributed by atoms with Crippen molar-refractivity contribution in [2.45, 2.75) is 12.1 Å². The lowest BCUT2D eigenvalue weighted by molar-refractivity contribution is -0.113. The summed E-state index contributed by atoms with van der Waals surface area (Å²) in [5.74, 6) is 0.868. The van der Waals surface area contributed by atoms with Crippen LogP contribution in [-0.4, -0.2) is 35.2 Å². The van der Waals surface area contributed by atoms with Crippen molar-refractivity contribution in [3.05, 3.63) is 54.4 Å². The summed E-state index contributed by atoms with van der Waals surface area (Å²) in [6.07, 6.45) is 0. The van der Waals surface area contributed by atoms with Crippen LogP contribution in [0.1, 0.15) is 5.82 Å². The van der Waals surface area contributed by atoms with E-state index in [0.717, 1.165) is 28.8 Å². The maximum absolute atomic E-state index is 12.4. The first kappa shape index (κ1) is 16.7. The molecule has 0 spiro atoms. The number of carbonyl (C=O) groups is 1. The van der Waals surface area contributed by atoms with Crippen molar-refractivity contribution in [3.8, 4) is 5.69 Å². The average Bonchev–Trinajstić information content (AvgIpc) is 3.28. The topological polar surface area (TPSA) is 85.6 Å². The second kappa shape index (κ2) is 7.22. The zero-order chi connectivity index (χ0) is 17.9. The van der Waals surface area contributed by atoms with Crippen molar-refractivity contribution in [1.82, 2.24) is 23.5 Å². The number of rotatable bonds is 5. The summed E-state index contributed by atoms with van der Waals surface area (Å²) in [7, 11) is 0. The van der Waals surface area contributed by atoms with Crippen LogP contribution in [0.25, 0.3) is 16.7 Å². The van der Waals surface area contributed by atoms with E-state index in [-0.39, 0.29) is 11.7 Å². The summed E-state index contributed by atoms with van der Waals surface area (Å²) in [4.78, 5) is 12.4. The first-order chi connectivity index (χ1) is 12.7. The van der Waals surface area contributed by atoms with Gasteiger partial charge in [0.1, 0.15) is 16.9 Å². The molecule has 0 atom stereocenters. The van der Waals surface area contributed by atoms with E-state index in [9.17, 15) is 4.79 Å². The maximum atomic E-state index is 12.4. The average molecular weight is 382 g/mol. The molecule has 4 aromatic rings. The Hall–Kier alpha value is -2.78. The minimum Gasteiger partial charge on any atom is -0.323 e. The van der Waals surface area contributed by atoms with Gasteiger partial charge in [-0.25, -0.2) is 0 Å². The highest BCUT2D eigenvalue weighted by Crippen LogP contribution is 2.24. The third kappa shape index (κ3) is 3.31. The Labute approximate surface area is 157 Å². The molecule has 2 aromatic heterocycles. The van der Waals surface area contributed by atoms with Gasteiger partial charge in [0.2, 0.25) is 5.91 Å². The SMILES string of the molecule is Cc1nnc(SCC(=O)Nc2cccc3nsnc23)n1-c1ccccc1. The highest BCUT2D eigenvalue weighted by atomic mass is 32.2. The van der Waals surface area contributed by atoms with E-state index in [1.807, 2.05) is 60.0 Å². The number of anilines is 1. The number of fused-ring (bicyclic) bond motifs is 1. The minimum absolute atomic E-state index is 0.129. The quantitative estimate of drug-likeness (QED) is 0.533. The molecule has 9 heteroatoms. The zero-order valence-electron chi connectivity index (χ0n) is 13.8. The molecule has 26 heavy (non-hydrogen) atoms. The molecule has 0 radical (unpaired) electrons. The Balaban J connectivity index is 1.48. The first-order valence-electron chi connectivity index (χ1n) is 7.84. The van der Waals surface area contributed by atoms with Gasteiger partial charge in [0, 0.05) is 5.69 Å². The van der Waals surface area contributed by atoms with Crippen molar-refractivity contribution < 1.29 is 4.79 Å². The number of para-hydroxylation sites is 1. The standard InChI is InChI=1S/C17H14N6OS2/c1-11-19-20-17(23(11)12-6-3-2-4-7-12)25-10-15(24)18-13-8-5-9-14-16(13)22-26-21-14/h2-9H,10H2,1H3,(H,18,24). The van der Waals surface area contributed by atoms with Gasteiger partial charge in [0.25, 0.3) is 0 Å². The van der Waals surface area contributed by atoms with Gasteiger partial charge in [0.05, 0.1) is 23.2 Å². The van der Waals surface area contributed by atoms with Gasteiger partial charge >= 0.3 is 0 Å². The molecule has 2 heterocycles. The van der Waals surface area contributed by atoms with Crippen LogP contribution in [0.2, 0.25) is 0 Å². The monoisotopic (exact) mass is 382 g/mol. The molecule has 4 rings (SSSR count). The summed E-state index contributed by atoms with van der Waals surface area (Å²) < 4.78 is 10.3. The lowest BCUT2D eigenvalue weighted by Gasteiger charge is -2.08. The fourth-order valence-electron chi connectivity index (χ4n) is 2.53. The van der Waals surface area contributed by atoms with E-state index in [1.165, 1.54) is 11.8 Å². The molecule has 130 valence electrons. The number of hydrogen-bond donors (Lipinski definition) is 1. The molecule has 0 aliphatic rings. The van der Waals surface area contributed by atoms with Crippen molar-refractivity contribution in [2.24, 2.45) is 0 Å². The smallest absolute Gasteiger partial charge is 0.234 e. The Morgan fingerprint density at radius 3 is 2.81 bits per heavy atom. The number of aromatic nitrogens is 5. The summed E-state index contributed by atoms with van der Waals surface area (Å²) in [5, 5.41) is 11.9. The highest BCUT2D eigenvalue weighted by Gasteiger charge is 2.14. The number of benzene rings is 2. The van der Waals surface area contributed by atoms with Crippen LogP contribution in [0.5, 0.6) is 0 Å². The van der Waals surface area contributed by atoms with Crippen LogP contribution in [0, 0.1) is 6.92 Å². The molecule has 1 amide bonds. The number of amides is 1. The number of hydrogen-bond acceptors (Lipinski definition) is 7. The van der Waals surface area contributed by atoms with Gasteiger partial charge in [-0.1, -0.05) is 36.0 Å². The number of aryl methyl sites for hydroxylation is 1. The Bertz CT molecular complexity index is 1060. The molecular formula is C17H14N6OS2. The van der Waals surface area contributed by atoms with Crippen LogP contribution >= 0.6 is 23.5 Å². The van der Waals surface area contributed by atoms with Crippen LogP contribution in [0.15, 0.2) is 53.7 Å². The van der Waals surface area contributed by atoms with E-state index in [1.54, 1.807) is 0 Å². The van der Waals surface area contributed by atoms with Crippen LogP contribution < -0.4 is 5.32 Å². The molecule has 0 saturated heterocycles. The van der Waals surface area contributed by atoms with Crippen molar-refractivity contribution >= 4 is 46.1 Å². The Morgan fingerprint density at radius 2 is 1.96 bits per heavy atom. The predicted octanol–water partition coefficient (Wildman–Crippen LogP) is 3.31. The van der Waals surface area contributed by atoms with E-state index >= 15 is 0 Å². The van der Waals surface area contributed by atoms with Gasteiger partial charge in [0.15, 0.2) is 5.16 Å². The van der Waals surface area contributed by atoms with E-state index in [2.05, 4.69) is 24.3 Å². The van der Waals surface area contributed by atoms with Gasteiger partial charge in [-0.15, -0.1) is 10.2 Å². The molecule has 0 saturated carbocycles. The Morgan fingerprint density at radius 1 is 1.12 bits per heavy atom. The maximum Gasteiger partial charge on any atom is 0.234 e.